The fourth-order valence-corrected chi connectivity index (χ4v) is 3.12. The molecule has 0 N–H and O–H groups in total. The molecule has 134 valence electrons. The molecule has 4 rings (SSSR count). The maximum atomic E-state index is 14.3. The van der Waals surface area contributed by atoms with Gasteiger partial charge in [0.1, 0.15) is 11.5 Å². The van der Waals surface area contributed by atoms with E-state index in [0.717, 1.165) is 22.4 Å². The van der Waals surface area contributed by atoms with Crippen molar-refractivity contribution in [3.8, 4) is 5.69 Å². The zero-order valence-electron chi connectivity index (χ0n) is 14.0. The summed E-state index contributed by atoms with van der Waals surface area (Å²) in [5.41, 5.74) is 0.999. The van der Waals surface area contributed by atoms with Crippen molar-refractivity contribution in [2.24, 2.45) is 0 Å². The van der Waals surface area contributed by atoms with Gasteiger partial charge in [-0.25, -0.2) is 8.78 Å². The molecule has 0 amide bonds. The number of benzene rings is 3. The van der Waals surface area contributed by atoms with Crippen LogP contribution in [0.25, 0.3) is 16.5 Å². The number of hydrogen-bond donors (Lipinski definition) is 0. The highest BCUT2D eigenvalue weighted by Gasteiger charge is 2.15. The van der Waals surface area contributed by atoms with E-state index in [2.05, 4.69) is 5.10 Å². The molecule has 0 aliphatic heterocycles. The average molecular weight is 383 g/mol. The fraction of sp³-hybridized carbons (Fsp3) is 0.0476. The van der Waals surface area contributed by atoms with E-state index >= 15 is 0 Å². The minimum Gasteiger partial charge on any atom is -0.267 e. The van der Waals surface area contributed by atoms with Crippen molar-refractivity contribution in [2.45, 2.75) is 6.42 Å². The SMILES string of the molecule is O=c1c2ccccc2c(Cc2ccc(Cl)cc2)nn1-c1ccc(F)cc1F. The zero-order valence-corrected chi connectivity index (χ0v) is 14.8. The summed E-state index contributed by atoms with van der Waals surface area (Å²) in [6.45, 7) is 0. The number of nitrogens with zero attached hydrogens (tertiary/aromatic N) is 2. The van der Waals surface area contributed by atoms with E-state index in [9.17, 15) is 13.6 Å². The van der Waals surface area contributed by atoms with Crippen LogP contribution < -0.4 is 5.56 Å². The normalized spacial score (nSPS) is 11.1. The highest BCUT2D eigenvalue weighted by atomic mass is 35.5. The highest BCUT2D eigenvalue weighted by molar-refractivity contribution is 6.30. The predicted octanol–water partition coefficient (Wildman–Crippen LogP) is 4.91. The lowest BCUT2D eigenvalue weighted by Crippen LogP contribution is -2.24. The summed E-state index contributed by atoms with van der Waals surface area (Å²) >= 11 is 5.93. The van der Waals surface area contributed by atoms with Gasteiger partial charge < -0.3 is 0 Å². The number of halogens is 3. The Bertz CT molecular complexity index is 1200. The third-order valence-corrected chi connectivity index (χ3v) is 4.56. The molecule has 0 aliphatic carbocycles. The van der Waals surface area contributed by atoms with Crippen molar-refractivity contribution in [3.05, 3.63) is 105 Å². The first-order valence-electron chi connectivity index (χ1n) is 8.24. The molecule has 0 aliphatic rings. The summed E-state index contributed by atoms with van der Waals surface area (Å²) < 4.78 is 28.5. The van der Waals surface area contributed by atoms with Crippen molar-refractivity contribution in [3.63, 3.8) is 0 Å². The maximum absolute atomic E-state index is 14.3. The smallest absolute Gasteiger partial charge is 0.267 e. The van der Waals surface area contributed by atoms with Crippen LogP contribution in [0.15, 0.2) is 71.5 Å². The van der Waals surface area contributed by atoms with E-state index in [1.54, 1.807) is 30.3 Å². The Labute approximate surface area is 158 Å². The Balaban J connectivity index is 1.94. The molecule has 0 saturated heterocycles. The van der Waals surface area contributed by atoms with Crippen LogP contribution in [0, 0.1) is 11.6 Å². The van der Waals surface area contributed by atoms with Gasteiger partial charge in [0.2, 0.25) is 0 Å². The van der Waals surface area contributed by atoms with Gasteiger partial charge in [-0.2, -0.15) is 9.78 Å². The van der Waals surface area contributed by atoms with Gasteiger partial charge in [0.25, 0.3) is 5.56 Å². The predicted molar refractivity (Wildman–Crippen MR) is 102 cm³/mol. The van der Waals surface area contributed by atoms with Gasteiger partial charge >= 0.3 is 0 Å². The lowest BCUT2D eigenvalue weighted by Gasteiger charge is -2.12. The van der Waals surface area contributed by atoms with Crippen LogP contribution in [0.5, 0.6) is 0 Å². The maximum Gasteiger partial charge on any atom is 0.279 e. The van der Waals surface area contributed by atoms with Crippen LogP contribution in [0.3, 0.4) is 0 Å². The van der Waals surface area contributed by atoms with E-state index in [1.165, 1.54) is 6.07 Å². The van der Waals surface area contributed by atoms with Crippen molar-refractivity contribution in [2.75, 3.05) is 0 Å². The number of fused-ring (bicyclic) bond motifs is 1. The van der Waals surface area contributed by atoms with Gasteiger partial charge in [-0.1, -0.05) is 41.9 Å². The number of rotatable bonds is 3. The molecule has 0 fully saturated rings. The van der Waals surface area contributed by atoms with Crippen LogP contribution >= 0.6 is 11.6 Å². The quantitative estimate of drug-likeness (QED) is 0.504. The van der Waals surface area contributed by atoms with Crippen molar-refractivity contribution < 1.29 is 8.78 Å². The number of hydrogen-bond acceptors (Lipinski definition) is 2. The number of aromatic nitrogens is 2. The second kappa shape index (κ2) is 6.93. The van der Waals surface area contributed by atoms with Gasteiger partial charge in [0.05, 0.1) is 11.1 Å². The topological polar surface area (TPSA) is 34.9 Å². The molecule has 1 heterocycles. The first-order valence-corrected chi connectivity index (χ1v) is 8.61. The van der Waals surface area contributed by atoms with E-state index in [1.807, 2.05) is 18.2 Å². The third-order valence-electron chi connectivity index (χ3n) is 4.30. The molecule has 0 saturated carbocycles. The van der Waals surface area contributed by atoms with Crippen molar-refractivity contribution in [1.29, 1.82) is 0 Å². The second-order valence-corrected chi connectivity index (χ2v) is 6.54. The standard InChI is InChI=1S/C21H13ClF2N2O/c22-14-7-5-13(6-8-14)11-19-16-3-1-2-4-17(16)21(27)26(25-19)20-10-9-15(23)12-18(20)24/h1-10,12H,11H2. The largest absolute Gasteiger partial charge is 0.279 e. The Kier molecular flexibility index (Phi) is 4.46. The molecule has 4 aromatic rings. The van der Waals surface area contributed by atoms with Crippen LogP contribution in [0.4, 0.5) is 8.78 Å². The Morgan fingerprint density at radius 1 is 0.926 bits per heavy atom. The summed E-state index contributed by atoms with van der Waals surface area (Å²) in [5.74, 6) is -1.57. The van der Waals surface area contributed by atoms with Gasteiger partial charge in [-0.3, -0.25) is 4.79 Å². The van der Waals surface area contributed by atoms with Crippen LogP contribution in [-0.4, -0.2) is 9.78 Å². The molecule has 3 nitrogen and oxygen atoms in total. The van der Waals surface area contributed by atoms with Gasteiger partial charge in [0, 0.05) is 22.9 Å². The molecule has 27 heavy (non-hydrogen) atoms. The fourth-order valence-electron chi connectivity index (χ4n) is 3.00. The van der Waals surface area contributed by atoms with Gasteiger partial charge in [-0.15, -0.1) is 0 Å². The molecule has 0 unspecified atom stereocenters. The van der Waals surface area contributed by atoms with Crippen LogP contribution in [-0.2, 0) is 6.42 Å². The van der Waals surface area contributed by atoms with E-state index in [4.69, 9.17) is 11.6 Å². The summed E-state index contributed by atoms with van der Waals surface area (Å²) in [5, 5.41) is 6.12. The Hall–Kier alpha value is -3.05. The molecular weight excluding hydrogens is 370 g/mol. The minimum atomic E-state index is -0.850. The molecule has 0 atom stereocenters. The molecule has 0 radical (unpaired) electrons. The minimum absolute atomic E-state index is 0.0930. The average Bonchev–Trinajstić information content (AvgIpc) is 2.66. The summed E-state index contributed by atoms with van der Waals surface area (Å²) in [6, 6.07) is 17.3. The van der Waals surface area contributed by atoms with E-state index in [-0.39, 0.29) is 5.69 Å². The molecular formula is C21H13ClF2N2O. The van der Waals surface area contributed by atoms with Crippen molar-refractivity contribution in [1.82, 2.24) is 9.78 Å². The second-order valence-electron chi connectivity index (χ2n) is 6.11. The highest BCUT2D eigenvalue weighted by Crippen LogP contribution is 2.20. The monoisotopic (exact) mass is 382 g/mol. The molecule has 0 bridgehead atoms. The summed E-state index contributed by atoms with van der Waals surface area (Å²) in [7, 11) is 0. The summed E-state index contributed by atoms with van der Waals surface area (Å²) in [6.07, 6.45) is 0.431. The first kappa shape index (κ1) is 17.4. The van der Waals surface area contributed by atoms with Gasteiger partial charge in [0.15, 0.2) is 5.82 Å². The lowest BCUT2D eigenvalue weighted by atomic mass is 10.0. The molecule has 3 aromatic carbocycles. The zero-order chi connectivity index (χ0) is 19.0. The van der Waals surface area contributed by atoms with E-state index < -0.39 is 17.2 Å². The first-order chi connectivity index (χ1) is 13.0. The van der Waals surface area contributed by atoms with Crippen LogP contribution in [0.1, 0.15) is 11.3 Å². The lowest BCUT2D eigenvalue weighted by molar-refractivity contribution is 0.570. The van der Waals surface area contributed by atoms with Crippen molar-refractivity contribution >= 4 is 22.4 Å². The third kappa shape index (κ3) is 3.34. The Morgan fingerprint density at radius 3 is 2.33 bits per heavy atom. The molecule has 6 heteroatoms. The summed E-state index contributed by atoms with van der Waals surface area (Å²) in [4.78, 5) is 12.8. The van der Waals surface area contributed by atoms with E-state index in [0.29, 0.717) is 27.9 Å². The Morgan fingerprint density at radius 2 is 1.63 bits per heavy atom. The van der Waals surface area contributed by atoms with Crippen LogP contribution in [0.2, 0.25) is 5.02 Å². The molecule has 0 spiro atoms. The van der Waals surface area contributed by atoms with Gasteiger partial charge in [-0.05, 0) is 35.9 Å². The molecule has 1 aromatic heterocycles.